The van der Waals surface area contributed by atoms with Gasteiger partial charge >= 0.3 is 0 Å². The van der Waals surface area contributed by atoms with Crippen molar-refractivity contribution < 1.29 is 4.74 Å². The molecule has 0 N–H and O–H groups in total. The Kier molecular flexibility index (Phi) is 4.98. The second-order valence-corrected chi connectivity index (χ2v) is 6.07. The van der Waals surface area contributed by atoms with E-state index in [0.717, 1.165) is 26.6 Å². The molecule has 1 nitrogen and oxygen atoms in total. The lowest BCUT2D eigenvalue weighted by Gasteiger charge is -2.06. The molecule has 0 aliphatic rings. The standard InChI is InChI=1S/C14H12BrClOS/c1-17-12-4-6-13(7-5-12)18-9-10-2-3-11(15)8-14(10)16/h2-8H,9H2,1H3. The summed E-state index contributed by atoms with van der Waals surface area (Å²) in [6, 6.07) is 14.0. The van der Waals surface area contributed by atoms with Gasteiger partial charge in [-0.15, -0.1) is 11.8 Å². The summed E-state index contributed by atoms with van der Waals surface area (Å²) in [6.45, 7) is 0. The van der Waals surface area contributed by atoms with Crippen molar-refractivity contribution in [1.29, 1.82) is 0 Å². The van der Waals surface area contributed by atoms with Crippen LogP contribution in [0.3, 0.4) is 0 Å². The van der Waals surface area contributed by atoms with Gasteiger partial charge < -0.3 is 4.74 Å². The highest BCUT2D eigenvalue weighted by molar-refractivity contribution is 9.10. The molecule has 0 aromatic heterocycles. The van der Waals surface area contributed by atoms with E-state index in [4.69, 9.17) is 16.3 Å². The summed E-state index contributed by atoms with van der Waals surface area (Å²) in [5.74, 6) is 1.74. The van der Waals surface area contributed by atoms with Crippen molar-refractivity contribution in [3.05, 3.63) is 57.5 Å². The third-order valence-electron chi connectivity index (χ3n) is 2.47. The number of methoxy groups -OCH3 is 1. The molecular weight excluding hydrogens is 332 g/mol. The van der Waals surface area contributed by atoms with E-state index in [-0.39, 0.29) is 0 Å². The molecule has 0 spiro atoms. The molecule has 18 heavy (non-hydrogen) atoms. The normalized spacial score (nSPS) is 10.4. The molecule has 0 aliphatic heterocycles. The Morgan fingerprint density at radius 2 is 1.89 bits per heavy atom. The van der Waals surface area contributed by atoms with Gasteiger partial charge in [0.1, 0.15) is 5.75 Å². The molecule has 0 atom stereocenters. The van der Waals surface area contributed by atoms with Crippen molar-refractivity contribution in [1.82, 2.24) is 0 Å². The largest absolute Gasteiger partial charge is 0.497 e. The van der Waals surface area contributed by atoms with Gasteiger partial charge in [-0.3, -0.25) is 0 Å². The van der Waals surface area contributed by atoms with Crippen LogP contribution in [0.1, 0.15) is 5.56 Å². The van der Waals surface area contributed by atoms with Crippen LogP contribution in [0.4, 0.5) is 0 Å². The quantitative estimate of drug-likeness (QED) is 0.687. The van der Waals surface area contributed by atoms with E-state index in [0.29, 0.717) is 0 Å². The number of rotatable bonds is 4. The Hall–Kier alpha value is -0.640. The second kappa shape index (κ2) is 6.50. The molecule has 2 rings (SSSR count). The number of thioether (sulfide) groups is 1. The van der Waals surface area contributed by atoms with E-state index in [9.17, 15) is 0 Å². The SMILES string of the molecule is COc1ccc(SCc2ccc(Br)cc2Cl)cc1. The smallest absolute Gasteiger partial charge is 0.118 e. The van der Waals surface area contributed by atoms with E-state index in [1.54, 1.807) is 18.9 Å². The lowest BCUT2D eigenvalue weighted by molar-refractivity contribution is 0.414. The first kappa shape index (κ1) is 13.8. The molecule has 0 fully saturated rings. The van der Waals surface area contributed by atoms with Gasteiger partial charge in [-0.1, -0.05) is 33.6 Å². The summed E-state index contributed by atoms with van der Waals surface area (Å²) in [4.78, 5) is 1.20. The Morgan fingerprint density at radius 3 is 2.50 bits per heavy atom. The molecule has 0 aliphatic carbocycles. The molecule has 4 heteroatoms. The van der Waals surface area contributed by atoms with Gasteiger partial charge in [0, 0.05) is 20.1 Å². The van der Waals surface area contributed by atoms with Crippen LogP contribution in [0, 0.1) is 0 Å². The maximum Gasteiger partial charge on any atom is 0.118 e. The lowest BCUT2D eigenvalue weighted by atomic mass is 10.2. The highest BCUT2D eigenvalue weighted by Gasteiger charge is 2.02. The summed E-state index contributed by atoms with van der Waals surface area (Å²) in [7, 11) is 1.67. The number of benzene rings is 2. The van der Waals surface area contributed by atoms with Crippen LogP contribution < -0.4 is 4.74 Å². The first-order valence-corrected chi connectivity index (χ1v) is 7.55. The molecular formula is C14H12BrClOS. The van der Waals surface area contributed by atoms with Gasteiger partial charge in [-0.25, -0.2) is 0 Å². The number of halogens is 2. The van der Waals surface area contributed by atoms with Crippen molar-refractivity contribution in [3.63, 3.8) is 0 Å². The monoisotopic (exact) mass is 342 g/mol. The summed E-state index contributed by atoms with van der Waals surface area (Å²) < 4.78 is 6.13. The van der Waals surface area contributed by atoms with E-state index >= 15 is 0 Å². The molecule has 0 unspecified atom stereocenters. The number of hydrogen-bond acceptors (Lipinski definition) is 2. The van der Waals surface area contributed by atoms with Crippen LogP contribution in [-0.2, 0) is 5.75 Å². The molecule has 0 radical (unpaired) electrons. The van der Waals surface area contributed by atoms with Gasteiger partial charge in [0.2, 0.25) is 0 Å². The molecule has 0 saturated carbocycles. The Morgan fingerprint density at radius 1 is 1.17 bits per heavy atom. The third kappa shape index (κ3) is 3.67. The molecule has 0 saturated heterocycles. The molecule has 0 heterocycles. The maximum absolute atomic E-state index is 6.18. The highest BCUT2D eigenvalue weighted by Crippen LogP contribution is 2.29. The summed E-state index contributed by atoms with van der Waals surface area (Å²) in [5, 5.41) is 0.797. The molecule has 2 aromatic carbocycles. The maximum atomic E-state index is 6.18. The Balaban J connectivity index is 2.02. The van der Waals surface area contributed by atoms with Crippen LogP contribution >= 0.6 is 39.3 Å². The van der Waals surface area contributed by atoms with Gasteiger partial charge in [0.25, 0.3) is 0 Å². The van der Waals surface area contributed by atoms with Gasteiger partial charge in [-0.2, -0.15) is 0 Å². The predicted molar refractivity (Wildman–Crippen MR) is 81.7 cm³/mol. The third-order valence-corrected chi connectivity index (χ3v) is 4.37. The zero-order chi connectivity index (χ0) is 13.0. The van der Waals surface area contributed by atoms with Crippen LogP contribution in [0.15, 0.2) is 51.8 Å². The van der Waals surface area contributed by atoms with E-state index in [2.05, 4.69) is 28.1 Å². The van der Waals surface area contributed by atoms with E-state index < -0.39 is 0 Å². The van der Waals surface area contributed by atoms with E-state index in [1.165, 1.54) is 4.90 Å². The van der Waals surface area contributed by atoms with Crippen molar-refractivity contribution in [3.8, 4) is 5.75 Å². The summed E-state index contributed by atoms with van der Waals surface area (Å²) in [6.07, 6.45) is 0. The zero-order valence-corrected chi connectivity index (χ0v) is 13.0. The van der Waals surface area contributed by atoms with Crippen LogP contribution in [0.5, 0.6) is 5.75 Å². The van der Waals surface area contributed by atoms with Crippen molar-refractivity contribution in [2.24, 2.45) is 0 Å². The van der Waals surface area contributed by atoms with Crippen LogP contribution in [0.2, 0.25) is 5.02 Å². The van der Waals surface area contributed by atoms with Gasteiger partial charge in [0.15, 0.2) is 0 Å². The van der Waals surface area contributed by atoms with Crippen LogP contribution in [-0.4, -0.2) is 7.11 Å². The predicted octanol–water partition coefficient (Wildman–Crippen LogP) is 5.40. The molecule has 2 aromatic rings. The fourth-order valence-corrected chi connectivity index (χ4v) is 3.19. The first-order chi connectivity index (χ1) is 8.69. The van der Waals surface area contributed by atoms with Crippen molar-refractivity contribution in [2.75, 3.05) is 7.11 Å². The summed E-state index contributed by atoms with van der Waals surface area (Å²) >= 11 is 11.3. The number of ether oxygens (including phenoxy) is 1. The fourth-order valence-electron chi connectivity index (χ4n) is 1.47. The minimum Gasteiger partial charge on any atom is -0.497 e. The average molecular weight is 344 g/mol. The molecule has 94 valence electrons. The van der Waals surface area contributed by atoms with Crippen LogP contribution in [0.25, 0.3) is 0 Å². The first-order valence-electron chi connectivity index (χ1n) is 5.40. The molecule has 0 bridgehead atoms. The van der Waals surface area contributed by atoms with Gasteiger partial charge in [-0.05, 0) is 42.0 Å². The second-order valence-electron chi connectivity index (χ2n) is 3.70. The minimum atomic E-state index is 0.797. The average Bonchev–Trinajstić information content (AvgIpc) is 2.38. The Bertz CT molecular complexity index is 528. The lowest BCUT2D eigenvalue weighted by Crippen LogP contribution is -1.84. The number of hydrogen-bond donors (Lipinski definition) is 0. The van der Waals surface area contributed by atoms with E-state index in [1.807, 2.05) is 30.3 Å². The fraction of sp³-hybridized carbons (Fsp3) is 0.143. The van der Waals surface area contributed by atoms with Crippen molar-refractivity contribution >= 4 is 39.3 Å². The van der Waals surface area contributed by atoms with Crippen molar-refractivity contribution in [2.45, 2.75) is 10.6 Å². The highest BCUT2D eigenvalue weighted by atomic mass is 79.9. The van der Waals surface area contributed by atoms with Gasteiger partial charge in [0.05, 0.1) is 7.11 Å². The summed E-state index contributed by atoms with van der Waals surface area (Å²) in [5.41, 5.74) is 1.14. The Labute approximate surface area is 125 Å². The topological polar surface area (TPSA) is 9.23 Å². The zero-order valence-electron chi connectivity index (χ0n) is 9.82. The minimum absolute atomic E-state index is 0.797. The molecule has 0 amide bonds.